The van der Waals surface area contributed by atoms with Crippen LogP contribution < -0.4 is 5.73 Å². The Hall–Kier alpha value is -1.35. The second kappa shape index (κ2) is 4.24. The summed E-state index contributed by atoms with van der Waals surface area (Å²) in [7, 11) is 0. The van der Waals surface area contributed by atoms with Gasteiger partial charge >= 0.3 is 0 Å². The number of benzene rings is 1. The van der Waals surface area contributed by atoms with Gasteiger partial charge in [-0.2, -0.15) is 0 Å². The Labute approximate surface area is 82.9 Å². The molecule has 76 valence electrons. The molecule has 1 aromatic rings. The van der Waals surface area contributed by atoms with E-state index in [1.165, 1.54) is 12.1 Å². The lowest BCUT2D eigenvalue weighted by Gasteiger charge is -2.11. The minimum absolute atomic E-state index is 0.261. The van der Waals surface area contributed by atoms with Gasteiger partial charge in [-0.3, -0.25) is 0 Å². The van der Waals surface area contributed by atoms with Gasteiger partial charge in [-0.15, -0.1) is 6.58 Å². The van der Waals surface area contributed by atoms with E-state index in [4.69, 9.17) is 10.8 Å². The highest BCUT2D eigenvalue weighted by Gasteiger charge is 2.08. The molecule has 0 saturated carbocycles. The fourth-order valence-electron chi connectivity index (χ4n) is 1.25. The highest BCUT2D eigenvalue weighted by Crippen LogP contribution is 2.22. The van der Waals surface area contributed by atoms with Crippen LogP contribution in [0.5, 0.6) is 5.75 Å². The average molecular weight is 195 g/mol. The predicted molar refractivity (Wildman–Crippen MR) is 54.4 cm³/mol. The highest BCUT2D eigenvalue weighted by molar-refractivity contribution is 5.30. The average Bonchev–Trinajstić information content (AvgIpc) is 2.08. The molecule has 0 aliphatic rings. The van der Waals surface area contributed by atoms with E-state index in [9.17, 15) is 4.39 Å². The van der Waals surface area contributed by atoms with Crippen LogP contribution in [0.3, 0.4) is 0 Å². The second-order valence-corrected chi connectivity index (χ2v) is 3.48. The van der Waals surface area contributed by atoms with Crippen molar-refractivity contribution in [3.63, 3.8) is 0 Å². The van der Waals surface area contributed by atoms with Crippen molar-refractivity contribution in [2.24, 2.45) is 5.73 Å². The largest absolute Gasteiger partial charge is 0.505 e. The maximum absolute atomic E-state index is 12.9. The number of hydrogen-bond donors (Lipinski definition) is 2. The Balaban J connectivity index is 2.85. The zero-order valence-electron chi connectivity index (χ0n) is 8.13. The molecule has 1 aromatic carbocycles. The highest BCUT2D eigenvalue weighted by atomic mass is 19.1. The monoisotopic (exact) mass is 195 g/mol. The topological polar surface area (TPSA) is 46.2 Å². The van der Waals surface area contributed by atoms with Gasteiger partial charge in [-0.1, -0.05) is 11.6 Å². The lowest BCUT2D eigenvalue weighted by molar-refractivity contribution is 0.431. The van der Waals surface area contributed by atoms with Gasteiger partial charge in [-0.25, -0.2) is 4.39 Å². The van der Waals surface area contributed by atoms with E-state index >= 15 is 0 Å². The quantitative estimate of drug-likeness (QED) is 0.728. The number of phenolic OH excluding ortho intramolecular Hbond substituents is 1. The first kappa shape index (κ1) is 10.7. The van der Waals surface area contributed by atoms with Crippen molar-refractivity contribution in [1.29, 1.82) is 0 Å². The first-order valence-corrected chi connectivity index (χ1v) is 4.39. The van der Waals surface area contributed by atoms with Crippen LogP contribution in [0, 0.1) is 5.82 Å². The fraction of sp³-hybridized carbons (Fsp3) is 0.273. The van der Waals surface area contributed by atoms with Gasteiger partial charge < -0.3 is 10.8 Å². The summed E-state index contributed by atoms with van der Waals surface area (Å²) in [6.45, 7) is 5.61. The Morgan fingerprint density at radius 3 is 2.79 bits per heavy atom. The summed E-state index contributed by atoms with van der Waals surface area (Å²) in [6.07, 6.45) is 0.615. The van der Waals surface area contributed by atoms with Crippen molar-refractivity contribution in [3.05, 3.63) is 41.7 Å². The molecule has 0 spiro atoms. The molecule has 0 aliphatic carbocycles. The molecule has 0 saturated heterocycles. The minimum Gasteiger partial charge on any atom is -0.505 e. The minimum atomic E-state index is -0.639. The molecular formula is C11H14FNO. The molecule has 0 heterocycles. The smallest absolute Gasteiger partial charge is 0.165 e. The normalized spacial score (nSPS) is 12.5. The molecule has 1 rings (SSSR count). The van der Waals surface area contributed by atoms with E-state index in [2.05, 4.69) is 6.58 Å². The zero-order chi connectivity index (χ0) is 10.7. The third-order valence-electron chi connectivity index (χ3n) is 1.97. The molecule has 0 amide bonds. The zero-order valence-corrected chi connectivity index (χ0v) is 8.13. The van der Waals surface area contributed by atoms with E-state index in [0.717, 1.165) is 5.57 Å². The molecule has 14 heavy (non-hydrogen) atoms. The van der Waals surface area contributed by atoms with Gasteiger partial charge in [-0.05, 0) is 31.0 Å². The molecule has 0 radical (unpaired) electrons. The van der Waals surface area contributed by atoms with Gasteiger partial charge in [0.15, 0.2) is 11.6 Å². The summed E-state index contributed by atoms with van der Waals surface area (Å²) in [6, 6.07) is 3.92. The van der Waals surface area contributed by atoms with Crippen molar-refractivity contribution in [2.45, 2.75) is 19.4 Å². The molecule has 0 bridgehead atoms. The second-order valence-electron chi connectivity index (χ2n) is 3.48. The molecular weight excluding hydrogens is 181 g/mol. The van der Waals surface area contributed by atoms with Gasteiger partial charge in [0.25, 0.3) is 0 Å². The van der Waals surface area contributed by atoms with E-state index in [1.807, 2.05) is 6.92 Å². The van der Waals surface area contributed by atoms with E-state index in [1.54, 1.807) is 6.07 Å². The maximum atomic E-state index is 12.9. The summed E-state index contributed by atoms with van der Waals surface area (Å²) in [5.41, 5.74) is 7.43. The van der Waals surface area contributed by atoms with E-state index in [0.29, 0.717) is 12.0 Å². The number of halogens is 1. The van der Waals surface area contributed by atoms with Crippen molar-refractivity contribution >= 4 is 0 Å². The Morgan fingerprint density at radius 1 is 1.64 bits per heavy atom. The third kappa shape index (κ3) is 2.57. The number of aromatic hydroxyl groups is 1. The van der Waals surface area contributed by atoms with Crippen molar-refractivity contribution < 1.29 is 9.50 Å². The molecule has 0 aliphatic heterocycles. The Kier molecular flexibility index (Phi) is 3.25. The summed E-state index contributed by atoms with van der Waals surface area (Å²) in [5, 5.41) is 8.97. The molecule has 3 N–H and O–H groups in total. The Bertz CT molecular complexity index is 349. The van der Waals surface area contributed by atoms with Crippen LogP contribution >= 0.6 is 0 Å². The molecule has 1 atom stereocenters. The summed E-state index contributed by atoms with van der Waals surface area (Å²) in [5.74, 6) is -0.990. The van der Waals surface area contributed by atoms with Crippen LogP contribution in [0.1, 0.15) is 24.9 Å². The van der Waals surface area contributed by atoms with Gasteiger partial charge in [0.1, 0.15) is 0 Å². The predicted octanol–water partition coefficient (Wildman–Crippen LogP) is 2.50. The fourth-order valence-corrected chi connectivity index (χ4v) is 1.25. The first-order valence-electron chi connectivity index (χ1n) is 4.39. The van der Waals surface area contributed by atoms with Crippen LogP contribution in [-0.4, -0.2) is 5.11 Å². The summed E-state index contributed by atoms with van der Waals surface area (Å²) in [4.78, 5) is 0. The number of phenols is 1. The maximum Gasteiger partial charge on any atom is 0.165 e. The third-order valence-corrected chi connectivity index (χ3v) is 1.97. The molecule has 0 fully saturated rings. The number of rotatable bonds is 3. The summed E-state index contributed by atoms with van der Waals surface area (Å²) < 4.78 is 12.9. The van der Waals surface area contributed by atoms with Crippen molar-refractivity contribution in [1.82, 2.24) is 0 Å². The summed E-state index contributed by atoms with van der Waals surface area (Å²) >= 11 is 0. The van der Waals surface area contributed by atoms with Crippen LogP contribution in [0.25, 0.3) is 0 Å². The van der Waals surface area contributed by atoms with Gasteiger partial charge in [0.2, 0.25) is 0 Å². The van der Waals surface area contributed by atoms with Crippen molar-refractivity contribution in [2.75, 3.05) is 0 Å². The van der Waals surface area contributed by atoms with Crippen LogP contribution in [-0.2, 0) is 0 Å². The van der Waals surface area contributed by atoms with Gasteiger partial charge in [0.05, 0.1) is 0 Å². The van der Waals surface area contributed by atoms with Gasteiger partial charge in [0, 0.05) is 6.04 Å². The van der Waals surface area contributed by atoms with Crippen LogP contribution in [0.4, 0.5) is 4.39 Å². The lowest BCUT2D eigenvalue weighted by Crippen LogP contribution is -2.10. The molecule has 0 unspecified atom stereocenters. The standard InChI is InChI=1S/C11H14FNO/c1-7(2)5-10(13)8-3-4-11(14)9(12)6-8/h3-4,6,10,14H,1,5,13H2,2H3/t10-/m0/s1. The van der Waals surface area contributed by atoms with E-state index in [-0.39, 0.29) is 11.8 Å². The van der Waals surface area contributed by atoms with Crippen molar-refractivity contribution in [3.8, 4) is 5.75 Å². The van der Waals surface area contributed by atoms with E-state index < -0.39 is 5.82 Å². The number of nitrogens with two attached hydrogens (primary N) is 1. The Morgan fingerprint density at radius 2 is 2.29 bits per heavy atom. The molecule has 3 heteroatoms. The molecule has 2 nitrogen and oxygen atoms in total. The van der Waals surface area contributed by atoms with Crippen LogP contribution in [0.2, 0.25) is 0 Å². The number of hydrogen-bond acceptors (Lipinski definition) is 2. The first-order chi connectivity index (χ1) is 6.50. The van der Waals surface area contributed by atoms with Crippen LogP contribution in [0.15, 0.2) is 30.4 Å². The lowest BCUT2D eigenvalue weighted by atomic mass is 10.0. The SMILES string of the molecule is C=C(C)C[C@H](N)c1ccc(O)c(F)c1. The molecule has 0 aromatic heterocycles.